The fraction of sp³-hybridized carbons (Fsp3) is 0.353. The van der Waals surface area contributed by atoms with Gasteiger partial charge in [0.15, 0.2) is 11.6 Å². The first-order valence-electron chi connectivity index (χ1n) is 6.76. The van der Waals surface area contributed by atoms with E-state index in [4.69, 9.17) is 16.9 Å². The molecule has 1 aromatic rings. The average molecular weight is 302 g/mol. The highest BCUT2D eigenvalue weighted by Gasteiger charge is 2.35. The van der Waals surface area contributed by atoms with Crippen molar-refractivity contribution in [2.24, 2.45) is 5.41 Å². The van der Waals surface area contributed by atoms with Crippen LogP contribution < -0.4 is 0 Å². The van der Waals surface area contributed by atoms with Crippen LogP contribution in [0.2, 0.25) is 0 Å². The number of allylic oxidation sites excluding steroid dienone is 2. The highest BCUT2D eigenvalue weighted by Crippen LogP contribution is 2.38. The van der Waals surface area contributed by atoms with Crippen LogP contribution in [-0.4, -0.2) is 11.6 Å². The van der Waals surface area contributed by atoms with Crippen LogP contribution in [0, 0.1) is 16.7 Å². The van der Waals surface area contributed by atoms with Crippen molar-refractivity contribution in [2.45, 2.75) is 33.1 Å². The van der Waals surface area contributed by atoms with Gasteiger partial charge in [-0.1, -0.05) is 37.6 Å². The minimum absolute atomic E-state index is 0.128. The van der Waals surface area contributed by atoms with Crippen molar-refractivity contribution in [3.8, 4) is 6.07 Å². The summed E-state index contributed by atoms with van der Waals surface area (Å²) in [6.45, 7) is 3.93. The average Bonchev–Trinajstić information content (AvgIpc) is 2.37. The van der Waals surface area contributed by atoms with E-state index in [0.29, 0.717) is 23.4 Å². The van der Waals surface area contributed by atoms with E-state index in [1.807, 2.05) is 19.9 Å². The van der Waals surface area contributed by atoms with E-state index < -0.39 is 0 Å². The number of rotatable bonds is 3. The zero-order valence-electron chi connectivity index (χ0n) is 12.1. The minimum atomic E-state index is -0.245. The smallest absolute Gasteiger partial charge is 0.171 e. The Morgan fingerprint density at radius 1 is 1.29 bits per heavy atom. The third-order valence-electron chi connectivity index (χ3n) is 3.55. The molecule has 0 saturated carbocycles. The molecule has 4 heteroatoms. The molecule has 108 valence electrons. The fourth-order valence-electron chi connectivity index (χ4n) is 2.52. The summed E-state index contributed by atoms with van der Waals surface area (Å²) in [5, 5.41) is 9.12. The van der Waals surface area contributed by atoms with E-state index in [0.717, 1.165) is 5.56 Å². The summed E-state index contributed by atoms with van der Waals surface area (Å²) in [5.41, 5.74) is 1.28. The number of carbonyl (C=O) groups is 2. The maximum absolute atomic E-state index is 12.3. The van der Waals surface area contributed by atoms with Gasteiger partial charge in [0, 0.05) is 17.9 Å². The lowest BCUT2D eigenvalue weighted by Crippen LogP contribution is -2.28. The van der Waals surface area contributed by atoms with Gasteiger partial charge < -0.3 is 0 Å². The van der Waals surface area contributed by atoms with Crippen LogP contribution >= 0.6 is 11.6 Å². The molecule has 0 saturated heterocycles. The largest absolute Gasteiger partial charge is 0.294 e. The molecule has 0 spiro atoms. The van der Waals surface area contributed by atoms with Crippen LogP contribution in [0.4, 0.5) is 0 Å². The molecule has 21 heavy (non-hydrogen) atoms. The molecular weight excluding hydrogens is 286 g/mol. The van der Waals surface area contributed by atoms with Crippen LogP contribution in [-0.2, 0) is 16.0 Å². The molecule has 0 radical (unpaired) electrons. The number of hydrogen-bond acceptors (Lipinski definition) is 3. The SMILES string of the molecule is CC1(C)CC(=O)C(C(=O)Cc2ccc(C#N)cc2)=C(Cl)C1. The molecule has 1 aromatic carbocycles. The molecule has 0 aromatic heterocycles. The Labute approximate surface area is 129 Å². The summed E-state index contributed by atoms with van der Waals surface area (Å²) in [6, 6.07) is 8.79. The second-order valence-corrected chi connectivity index (χ2v) is 6.59. The normalized spacial score (nSPS) is 17.5. The Morgan fingerprint density at radius 2 is 1.90 bits per heavy atom. The standard InChI is InChI=1S/C17H16ClNO2/c1-17(2)8-13(18)16(15(21)9-17)14(20)7-11-3-5-12(10-19)6-4-11/h3-6H,7-9H2,1-2H3. The lowest BCUT2D eigenvalue weighted by Gasteiger charge is -2.29. The molecule has 2 rings (SSSR count). The second-order valence-electron chi connectivity index (χ2n) is 6.13. The molecule has 0 atom stereocenters. The highest BCUT2D eigenvalue weighted by molar-refractivity contribution is 6.37. The monoisotopic (exact) mass is 301 g/mol. The van der Waals surface area contributed by atoms with Gasteiger partial charge in [0.2, 0.25) is 0 Å². The Hall–Kier alpha value is -1.92. The maximum atomic E-state index is 12.3. The lowest BCUT2D eigenvalue weighted by atomic mass is 9.76. The zero-order valence-corrected chi connectivity index (χ0v) is 12.8. The van der Waals surface area contributed by atoms with Crippen molar-refractivity contribution >= 4 is 23.2 Å². The van der Waals surface area contributed by atoms with Crippen molar-refractivity contribution in [3.05, 3.63) is 46.0 Å². The first-order chi connectivity index (χ1) is 9.82. The fourth-order valence-corrected chi connectivity index (χ4v) is 3.10. The van der Waals surface area contributed by atoms with Gasteiger partial charge in [0.1, 0.15) is 0 Å². The van der Waals surface area contributed by atoms with E-state index in [-0.39, 0.29) is 29.0 Å². The zero-order chi connectivity index (χ0) is 15.6. The van der Waals surface area contributed by atoms with Gasteiger partial charge in [-0.2, -0.15) is 5.26 Å². The number of nitriles is 1. The van der Waals surface area contributed by atoms with Gasteiger partial charge in [0.05, 0.1) is 17.2 Å². The Kier molecular flexibility index (Phi) is 4.29. The maximum Gasteiger partial charge on any atom is 0.171 e. The molecule has 1 aliphatic rings. The number of ketones is 2. The Morgan fingerprint density at radius 3 is 2.43 bits per heavy atom. The van der Waals surface area contributed by atoms with E-state index in [9.17, 15) is 9.59 Å². The van der Waals surface area contributed by atoms with Crippen LogP contribution in [0.1, 0.15) is 37.8 Å². The van der Waals surface area contributed by atoms with Crippen LogP contribution in [0.3, 0.4) is 0 Å². The predicted molar refractivity (Wildman–Crippen MR) is 80.8 cm³/mol. The molecule has 0 heterocycles. The van der Waals surface area contributed by atoms with Gasteiger partial charge >= 0.3 is 0 Å². The summed E-state index contributed by atoms with van der Waals surface area (Å²) < 4.78 is 0. The van der Waals surface area contributed by atoms with Gasteiger partial charge in [0.25, 0.3) is 0 Å². The first-order valence-corrected chi connectivity index (χ1v) is 7.14. The third-order valence-corrected chi connectivity index (χ3v) is 3.87. The summed E-state index contributed by atoms with van der Waals surface area (Å²) in [4.78, 5) is 24.5. The molecule has 3 nitrogen and oxygen atoms in total. The quantitative estimate of drug-likeness (QED) is 0.802. The van der Waals surface area contributed by atoms with Crippen LogP contribution in [0.5, 0.6) is 0 Å². The number of hydrogen-bond donors (Lipinski definition) is 0. The van der Waals surface area contributed by atoms with Crippen molar-refractivity contribution in [3.63, 3.8) is 0 Å². The van der Waals surface area contributed by atoms with E-state index in [2.05, 4.69) is 0 Å². The van der Waals surface area contributed by atoms with E-state index in [1.54, 1.807) is 24.3 Å². The summed E-state index contributed by atoms with van der Waals surface area (Å²) in [6.07, 6.45) is 1.02. The highest BCUT2D eigenvalue weighted by atomic mass is 35.5. The van der Waals surface area contributed by atoms with Crippen LogP contribution in [0.25, 0.3) is 0 Å². The topological polar surface area (TPSA) is 57.9 Å². The molecule has 0 bridgehead atoms. The van der Waals surface area contributed by atoms with Gasteiger partial charge in [-0.15, -0.1) is 0 Å². The van der Waals surface area contributed by atoms with Crippen molar-refractivity contribution < 1.29 is 9.59 Å². The number of nitrogens with zero attached hydrogens (tertiary/aromatic N) is 1. The number of Topliss-reactive ketones (excluding diaryl/α,β-unsaturated/α-hetero) is 2. The molecule has 0 aliphatic heterocycles. The second kappa shape index (κ2) is 5.83. The van der Waals surface area contributed by atoms with Gasteiger partial charge in [-0.3, -0.25) is 9.59 Å². The summed E-state index contributed by atoms with van der Waals surface area (Å²) in [5.74, 6) is -0.417. The van der Waals surface area contributed by atoms with Gasteiger partial charge in [-0.05, 0) is 29.5 Å². The molecule has 0 amide bonds. The molecule has 1 aliphatic carbocycles. The minimum Gasteiger partial charge on any atom is -0.294 e. The molecule has 0 fully saturated rings. The van der Waals surface area contributed by atoms with Gasteiger partial charge in [-0.25, -0.2) is 0 Å². The van der Waals surface area contributed by atoms with Crippen molar-refractivity contribution in [2.75, 3.05) is 0 Å². The molecular formula is C17H16ClNO2. The van der Waals surface area contributed by atoms with Crippen molar-refractivity contribution in [1.29, 1.82) is 5.26 Å². The summed E-state index contributed by atoms with van der Waals surface area (Å²) in [7, 11) is 0. The number of carbonyl (C=O) groups excluding carboxylic acids is 2. The lowest BCUT2D eigenvalue weighted by molar-refractivity contribution is -0.122. The number of halogens is 1. The summed E-state index contributed by atoms with van der Waals surface area (Å²) >= 11 is 6.17. The Balaban J connectivity index is 2.20. The molecule has 0 unspecified atom stereocenters. The van der Waals surface area contributed by atoms with Crippen LogP contribution in [0.15, 0.2) is 34.9 Å². The number of benzene rings is 1. The Bertz CT molecular complexity index is 663. The molecule has 0 N–H and O–H groups in total. The third kappa shape index (κ3) is 3.59. The van der Waals surface area contributed by atoms with E-state index >= 15 is 0 Å². The predicted octanol–water partition coefficient (Wildman–Crippen LogP) is 3.55. The van der Waals surface area contributed by atoms with E-state index in [1.165, 1.54) is 0 Å². The van der Waals surface area contributed by atoms with Crippen molar-refractivity contribution in [1.82, 2.24) is 0 Å². The first kappa shape index (κ1) is 15.5.